The van der Waals surface area contributed by atoms with Crippen LogP contribution in [0.3, 0.4) is 0 Å². The molecule has 0 spiro atoms. The molecule has 0 aliphatic carbocycles. The van der Waals surface area contributed by atoms with E-state index in [1.54, 1.807) is 35.3 Å². The van der Waals surface area contributed by atoms with Crippen LogP contribution in [0.4, 0.5) is 5.82 Å². The Kier molecular flexibility index (Phi) is 5.11. The number of benzene rings is 1. The first kappa shape index (κ1) is 19.1. The molecule has 144 valence electrons. The molecule has 3 aromatic rings. The number of aromatic nitrogens is 2. The lowest BCUT2D eigenvalue weighted by atomic mass is 10.1. The minimum atomic E-state index is -0.139. The lowest BCUT2D eigenvalue weighted by Crippen LogP contribution is -2.13. The van der Waals surface area contributed by atoms with Crippen molar-refractivity contribution < 1.29 is 4.79 Å². The minimum Gasteiger partial charge on any atom is -0.306 e. The van der Waals surface area contributed by atoms with Crippen LogP contribution in [0.15, 0.2) is 71.0 Å². The highest BCUT2D eigenvalue weighted by atomic mass is 32.2. The third kappa shape index (κ3) is 3.82. The molecule has 5 rings (SSSR count). The van der Waals surface area contributed by atoms with Gasteiger partial charge in [0.15, 0.2) is 5.65 Å². The first-order valence-electron chi connectivity index (χ1n) is 8.87. The summed E-state index contributed by atoms with van der Waals surface area (Å²) in [6.45, 7) is 3.99. The van der Waals surface area contributed by atoms with Gasteiger partial charge in [-0.15, -0.1) is 0 Å². The van der Waals surface area contributed by atoms with Crippen molar-refractivity contribution >= 4 is 69.8 Å². The Morgan fingerprint density at radius 2 is 1.69 bits per heavy atom. The van der Waals surface area contributed by atoms with Gasteiger partial charge < -0.3 is 5.32 Å². The fraction of sp³-hybridized carbons (Fsp3) is 0.0952. The summed E-state index contributed by atoms with van der Waals surface area (Å²) in [5.74, 6) is 0.379. The van der Waals surface area contributed by atoms with Gasteiger partial charge in [0, 0.05) is 20.9 Å². The molecule has 8 heteroatoms. The van der Waals surface area contributed by atoms with E-state index in [0.29, 0.717) is 16.4 Å². The van der Waals surface area contributed by atoms with Crippen LogP contribution >= 0.6 is 47.0 Å². The smallest absolute Gasteiger partial charge is 0.264 e. The Morgan fingerprint density at radius 3 is 2.45 bits per heavy atom. The maximum absolute atomic E-state index is 12.8. The molecule has 1 aromatic carbocycles. The molecule has 0 saturated carbocycles. The molecule has 0 atom stereocenters. The van der Waals surface area contributed by atoms with Gasteiger partial charge >= 0.3 is 0 Å². The number of carbonyl (C=O) groups is 1. The molecule has 1 N–H and O–H groups in total. The lowest BCUT2D eigenvalue weighted by molar-refractivity contribution is -0.112. The molecule has 1 amide bonds. The minimum absolute atomic E-state index is 0.139. The van der Waals surface area contributed by atoms with Crippen LogP contribution in [0, 0.1) is 13.8 Å². The van der Waals surface area contributed by atoms with Gasteiger partial charge in [-0.3, -0.25) is 4.79 Å². The largest absolute Gasteiger partial charge is 0.306 e. The Balaban J connectivity index is 1.31. The standard InChI is InChI=1S/C21H15N3OS4/c1-11-9-12(2)22-18-13(11)7-8-17(23-18)24-19(25)16-10-26-20(29-16)21-27-14-5-3-4-6-15(14)28-21/h3-10H,1-2H3,(H,22,23,24,25). The number of anilines is 1. The lowest BCUT2D eigenvalue weighted by Gasteiger charge is -2.07. The zero-order chi connectivity index (χ0) is 20.0. The number of pyridine rings is 2. The number of fused-ring (bicyclic) bond motifs is 2. The molecule has 4 heterocycles. The van der Waals surface area contributed by atoms with E-state index in [-0.39, 0.29) is 5.91 Å². The van der Waals surface area contributed by atoms with E-state index < -0.39 is 0 Å². The number of carbonyl (C=O) groups excluding carboxylic acids is 1. The van der Waals surface area contributed by atoms with Crippen molar-refractivity contribution in [3.8, 4) is 0 Å². The summed E-state index contributed by atoms with van der Waals surface area (Å²) >= 11 is 6.67. The summed E-state index contributed by atoms with van der Waals surface area (Å²) in [5.41, 5.74) is 2.70. The van der Waals surface area contributed by atoms with Crippen LogP contribution < -0.4 is 5.32 Å². The highest BCUT2D eigenvalue weighted by Gasteiger charge is 2.27. The Labute approximate surface area is 185 Å². The molecular weight excluding hydrogens is 439 g/mol. The highest BCUT2D eigenvalue weighted by Crippen LogP contribution is 2.58. The maximum atomic E-state index is 12.8. The number of aryl methyl sites for hydroxylation is 2. The number of rotatable bonds is 2. The van der Waals surface area contributed by atoms with E-state index in [1.165, 1.54) is 25.8 Å². The second-order valence-electron chi connectivity index (χ2n) is 6.53. The molecule has 0 saturated heterocycles. The number of amides is 1. The molecule has 0 fully saturated rings. The average molecular weight is 454 g/mol. The predicted molar refractivity (Wildman–Crippen MR) is 126 cm³/mol. The van der Waals surface area contributed by atoms with E-state index in [0.717, 1.165) is 20.9 Å². The summed E-state index contributed by atoms with van der Waals surface area (Å²) in [6.07, 6.45) is 0. The summed E-state index contributed by atoms with van der Waals surface area (Å²) in [7, 11) is 0. The van der Waals surface area contributed by atoms with Crippen molar-refractivity contribution in [3.05, 3.63) is 72.5 Å². The van der Waals surface area contributed by atoms with Gasteiger partial charge in [-0.1, -0.05) is 59.2 Å². The first-order chi connectivity index (χ1) is 14.1. The van der Waals surface area contributed by atoms with Crippen LogP contribution in [-0.2, 0) is 4.79 Å². The van der Waals surface area contributed by atoms with E-state index in [1.807, 2.05) is 37.5 Å². The van der Waals surface area contributed by atoms with Gasteiger partial charge in [-0.05, 0) is 55.2 Å². The second kappa shape index (κ2) is 7.75. The number of nitrogens with one attached hydrogen (secondary N) is 1. The molecule has 0 bridgehead atoms. The van der Waals surface area contributed by atoms with Gasteiger partial charge in [0.2, 0.25) is 0 Å². The number of hydrogen-bond donors (Lipinski definition) is 1. The van der Waals surface area contributed by atoms with E-state index in [2.05, 4.69) is 39.6 Å². The third-order valence-corrected chi connectivity index (χ3v) is 9.82. The number of hydrogen-bond acceptors (Lipinski definition) is 7. The zero-order valence-corrected chi connectivity index (χ0v) is 18.8. The molecular formula is C21H15N3OS4. The van der Waals surface area contributed by atoms with Crippen molar-refractivity contribution in [3.63, 3.8) is 0 Å². The van der Waals surface area contributed by atoms with Crippen LogP contribution in [0.1, 0.15) is 11.3 Å². The van der Waals surface area contributed by atoms with Gasteiger partial charge in [0.1, 0.15) is 5.82 Å². The third-order valence-electron chi connectivity index (χ3n) is 4.37. The van der Waals surface area contributed by atoms with Crippen molar-refractivity contribution in [1.29, 1.82) is 0 Å². The van der Waals surface area contributed by atoms with Gasteiger partial charge in [0.25, 0.3) is 5.91 Å². The molecule has 0 radical (unpaired) electrons. The normalized spacial score (nSPS) is 15.6. The summed E-state index contributed by atoms with van der Waals surface area (Å²) < 4.78 is 2.39. The average Bonchev–Trinajstić information content (AvgIpc) is 3.34. The summed E-state index contributed by atoms with van der Waals surface area (Å²) in [5, 5.41) is 5.83. The summed E-state index contributed by atoms with van der Waals surface area (Å²) in [6, 6.07) is 14.2. The van der Waals surface area contributed by atoms with Crippen LogP contribution in [0.25, 0.3) is 11.0 Å². The molecule has 29 heavy (non-hydrogen) atoms. The molecule has 4 nitrogen and oxygen atoms in total. The van der Waals surface area contributed by atoms with E-state index >= 15 is 0 Å². The topological polar surface area (TPSA) is 54.9 Å². The van der Waals surface area contributed by atoms with Gasteiger partial charge in [-0.25, -0.2) is 9.97 Å². The van der Waals surface area contributed by atoms with Gasteiger partial charge in [-0.2, -0.15) is 0 Å². The van der Waals surface area contributed by atoms with Crippen molar-refractivity contribution in [2.24, 2.45) is 0 Å². The van der Waals surface area contributed by atoms with Crippen molar-refractivity contribution in [1.82, 2.24) is 9.97 Å². The number of thioether (sulfide) groups is 4. The monoisotopic (exact) mass is 453 g/mol. The molecule has 2 aliphatic heterocycles. The molecule has 2 aliphatic rings. The zero-order valence-electron chi connectivity index (χ0n) is 15.6. The van der Waals surface area contributed by atoms with Crippen LogP contribution in [-0.4, -0.2) is 15.9 Å². The van der Waals surface area contributed by atoms with Crippen molar-refractivity contribution in [2.75, 3.05) is 5.32 Å². The Bertz CT molecular complexity index is 1210. The second-order valence-corrected chi connectivity index (χ2v) is 11.1. The first-order valence-corrected chi connectivity index (χ1v) is 12.2. The fourth-order valence-corrected chi connectivity index (χ4v) is 8.02. The van der Waals surface area contributed by atoms with Crippen LogP contribution in [0.2, 0.25) is 0 Å². The van der Waals surface area contributed by atoms with Crippen LogP contribution in [0.5, 0.6) is 0 Å². The predicted octanol–water partition coefficient (Wildman–Crippen LogP) is 6.53. The van der Waals surface area contributed by atoms with Crippen molar-refractivity contribution in [2.45, 2.75) is 23.6 Å². The fourth-order valence-electron chi connectivity index (χ4n) is 3.05. The Hall–Kier alpha value is -1.87. The highest BCUT2D eigenvalue weighted by molar-refractivity contribution is 8.32. The number of nitrogens with zero attached hydrogens (tertiary/aromatic N) is 2. The Morgan fingerprint density at radius 1 is 0.931 bits per heavy atom. The molecule has 2 aromatic heterocycles. The quantitative estimate of drug-likeness (QED) is 0.473. The molecule has 0 unspecified atom stereocenters. The van der Waals surface area contributed by atoms with E-state index in [9.17, 15) is 4.79 Å². The van der Waals surface area contributed by atoms with E-state index in [4.69, 9.17) is 0 Å². The van der Waals surface area contributed by atoms with Gasteiger partial charge in [0.05, 0.1) is 13.4 Å². The SMILES string of the molecule is Cc1cc(C)c2ccc(NC(=O)C3=CSC(=C4Sc5ccccc5S4)S3)nc2n1. The maximum Gasteiger partial charge on any atom is 0.264 e. The summed E-state index contributed by atoms with van der Waals surface area (Å²) in [4.78, 5) is 25.0.